The summed E-state index contributed by atoms with van der Waals surface area (Å²) in [7, 11) is 0. The number of hydrogen-bond acceptors (Lipinski definition) is 0. The predicted molar refractivity (Wildman–Crippen MR) is 195 cm³/mol. The van der Waals surface area contributed by atoms with Gasteiger partial charge in [-0.1, -0.05) is 107 Å². The zero-order valence-electron chi connectivity index (χ0n) is 26.4. The van der Waals surface area contributed by atoms with Gasteiger partial charge in [-0.25, -0.2) is 0 Å². The van der Waals surface area contributed by atoms with Gasteiger partial charge in [0.25, 0.3) is 0 Å². The molecule has 0 amide bonds. The minimum Gasteiger partial charge on any atom is -0.308 e. The van der Waals surface area contributed by atoms with Crippen LogP contribution in [0, 0.1) is 11.8 Å². The SMILES string of the molecule is CC(C)c1ccc2cc3c(cc2c1)c1cc(-c2cccc(-c4ccccc4)c2)cc2c4cc5c(cc4n3c21)C=C[C@H](C(C)C)C5. The van der Waals surface area contributed by atoms with Crippen molar-refractivity contribution in [1.29, 1.82) is 0 Å². The lowest BCUT2D eigenvalue weighted by Crippen LogP contribution is -2.12. The van der Waals surface area contributed by atoms with E-state index in [9.17, 15) is 0 Å². The summed E-state index contributed by atoms with van der Waals surface area (Å²) in [6.45, 7) is 9.25. The molecular formula is C44H37N. The average molecular weight is 580 g/mol. The second-order valence-corrected chi connectivity index (χ2v) is 13.9. The molecule has 0 aliphatic heterocycles. The van der Waals surface area contributed by atoms with Gasteiger partial charge in [0, 0.05) is 21.5 Å². The highest BCUT2D eigenvalue weighted by Crippen LogP contribution is 2.45. The maximum atomic E-state index is 2.55. The number of aromatic nitrogens is 1. The van der Waals surface area contributed by atoms with E-state index in [1.807, 2.05) is 0 Å². The van der Waals surface area contributed by atoms with Crippen LogP contribution >= 0.6 is 0 Å². The Morgan fingerprint density at radius 2 is 1.29 bits per heavy atom. The highest BCUT2D eigenvalue weighted by atomic mass is 14.9. The van der Waals surface area contributed by atoms with E-state index in [-0.39, 0.29) is 0 Å². The van der Waals surface area contributed by atoms with Crippen molar-refractivity contribution in [2.75, 3.05) is 0 Å². The van der Waals surface area contributed by atoms with Gasteiger partial charge in [-0.05, 0) is 116 Å². The first-order valence-electron chi connectivity index (χ1n) is 16.5. The molecule has 0 radical (unpaired) electrons. The molecule has 0 saturated carbocycles. The van der Waals surface area contributed by atoms with Crippen molar-refractivity contribution in [2.45, 2.75) is 40.0 Å². The highest BCUT2D eigenvalue weighted by Gasteiger charge is 2.23. The molecule has 6 aromatic carbocycles. The second kappa shape index (κ2) is 9.81. The number of hydrogen-bond donors (Lipinski definition) is 0. The first-order chi connectivity index (χ1) is 21.9. The first kappa shape index (κ1) is 26.5. The molecule has 1 atom stereocenters. The molecule has 45 heavy (non-hydrogen) atoms. The van der Waals surface area contributed by atoms with E-state index in [2.05, 4.69) is 153 Å². The van der Waals surface area contributed by atoms with E-state index in [1.54, 1.807) is 0 Å². The van der Waals surface area contributed by atoms with Crippen LogP contribution in [0.2, 0.25) is 0 Å². The molecular weight excluding hydrogens is 542 g/mol. The topological polar surface area (TPSA) is 4.41 Å². The first-order valence-corrected chi connectivity index (χ1v) is 16.5. The molecule has 0 saturated heterocycles. The number of benzene rings is 6. The minimum absolute atomic E-state index is 0.502. The van der Waals surface area contributed by atoms with Crippen LogP contribution in [0.1, 0.15) is 50.3 Å². The molecule has 1 aliphatic rings. The molecule has 8 aromatic rings. The van der Waals surface area contributed by atoms with Crippen LogP contribution in [0.15, 0.2) is 115 Å². The summed E-state index contributed by atoms with van der Waals surface area (Å²) < 4.78 is 2.55. The van der Waals surface area contributed by atoms with Crippen LogP contribution in [0.4, 0.5) is 0 Å². The van der Waals surface area contributed by atoms with Crippen LogP contribution in [0.3, 0.4) is 0 Å². The van der Waals surface area contributed by atoms with Crippen LogP contribution in [-0.2, 0) is 6.42 Å². The fourth-order valence-electron chi connectivity index (χ4n) is 7.79. The molecule has 1 heteroatoms. The summed E-state index contributed by atoms with van der Waals surface area (Å²) >= 11 is 0. The Hall–Kier alpha value is -4.88. The second-order valence-electron chi connectivity index (χ2n) is 13.9. The molecule has 0 unspecified atom stereocenters. The summed E-state index contributed by atoms with van der Waals surface area (Å²) in [4.78, 5) is 0. The highest BCUT2D eigenvalue weighted by molar-refractivity contribution is 6.26. The maximum absolute atomic E-state index is 2.55. The minimum atomic E-state index is 0.502. The van der Waals surface area contributed by atoms with Crippen molar-refractivity contribution in [1.82, 2.24) is 4.40 Å². The Morgan fingerprint density at radius 3 is 2.04 bits per heavy atom. The van der Waals surface area contributed by atoms with Gasteiger partial charge in [0.15, 0.2) is 0 Å². The van der Waals surface area contributed by atoms with Crippen molar-refractivity contribution >= 4 is 54.9 Å². The van der Waals surface area contributed by atoms with Crippen molar-refractivity contribution in [3.8, 4) is 22.3 Å². The number of nitrogens with zero attached hydrogens (tertiary/aromatic N) is 1. The molecule has 0 spiro atoms. The number of allylic oxidation sites excluding steroid dienone is 1. The molecule has 0 fully saturated rings. The van der Waals surface area contributed by atoms with Crippen LogP contribution in [0.25, 0.3) is 77.2 Å². The Balaban J connectivity index is 1.37. The van der Waals surface area contributed by atoms with Gasteiger partial charge in [0.05, 0.1) is 16.6 Å². The van der Waals surface area contributed by atoms with Crippen molar-refractivity contribution in [3.05, 3.63) is 132 Å². The summed E-state index contributed by atoms with van der Waals surface area (Å²) in [6.07, 6.45) is 5.92. The lowest BCUT2D eigenvalue weighted by atomic mass is 9.82. The van der Waals surface area contributed by atoms with E-state index in [1.165, 1.54) is 87.8 Å². The molecule has 218 valence electrons. The largest absolute Gasteiger partial charge is 0.308 e. The molecule has 0 bridgehead atoms. The molecule has 2 heterocycles. The third-order valence-electron chi connectivity index (χ3n) is 10.4. The van der Waals surface area contributed by atoms with E-state index >= 15 is 0 Å². The molecule has 9 rings (SSSR count). The number of rotatable bonds is 4. The lowest BCUT2D eigenvalue weighted by Gasteiger charge is -2.22. The van der Waals surface area contributed by atoms with Crippen LogP contribution in [0.5, 0.6) is 0 Å². The Bertz CT molecular complexity index is 2450. The van der Waals surface area contributed by atoms with Crippen molar-refractivity contribution < 1.29 is 0 Å². The third-order valence-corrected chi connectivity index (χ3v) is 10.4. The van der Waals surface area contributed by atoms with Gasteiger partial charge in [-0.3, -0.25) is 0 Å². The quantitative estimate of drug-likeness (QED) is 0.195. The molecule has 1 aliphatic carbocycles. The van der Waals surface area contributed by atoms with Crippen molar-refractivity contribution in [2.24, 2.45) is 11.8 Å². The smallest absolute Gasteiger partial charge is 0.0620 e. The summed E-state index contributed by atoms with van der Waals surface area (Å²) in [6, 6.07) is 41.5. The normalized spacial score (nSPS) is 15.1. The van der Waals surface area contributed by atoms with Crippen molar-refractivity contribution in [3.63, 3.8) is 0 Å². The van der Waals surface area contributed by atoms with E-state index < -0.39 is 0 Å². The van der Waals surface area contributed by atoms with Gasteiger partial charge < -0.3 is 4.40 Å². The maximum Gasteiger partial charge on any atom is 0.0620 e. The van der Waals surface area contributed by atoms with Gasteiger partial charge >= 0.3 is 0 Å². The fraction of sp³-hybridized carbons (Fsp3) is 0.182. The Kier molecular flexibility index (Phi) is 5.78. The molecule has 1 nitrogen and oxygen atoms in total. The fourth-order valence-corrected chi connectivity index (χ4v) is 7.79. The van der Waals surface area contributed by atoms with Gasteiger partial charge in [-0.15, -0.1) is 0 Å². The van der Waals surface area contributed by atoms with Gasteiger partial charge in [-0.2, -0.15) is 0 Å². The Morgan fingerprint density at radius 1 is 0.578 bits per heavy atom. The zero-order chi connectivity index (χ0) is 30.4. The molecule has 0 N–H and O–H groups in total. The Labute approximate surface area is 264 Å². The van der Waals surface area contributed by atoms with E-state index in [0.29, 0.717) is 17.8 Å². The molecule has 2 aromatic heterocycles. The summed E-state index contributed by atoms with van der Waals surface area (Å²) in [5.74, 6) is 1.73. The van der Waals surface area contributed by atoms with Crippen LogP contribution in [-0.4, -0.2) is 4.40 Å². The van der Waals surface area contributed by atoms with Gasteiger partial charge in [0.1, 0.15) is 0 Å². The summed E-state index contributed by atoms with van der Waals surface area (Å²) in [5, 5.41) is 8.01. The zero-order valence-corrected chi connectivity index (χ0v) is 26.4. The lowest BCUT2D eigenvalue weighted by molar-refractivity contribution is 0.461. The average Bonchev–Trinajstić information content (AvgIpc) is 3.56. The standard InChI is InChI=1S/C44H37N/c1-26(2)29-13-15-33-24-42-38(20-35(33)17-29)40-22-37(32-12-8-11-31(19-32)28-9-6-5-7-10-28)23-41-39-21-36-18-30(27(3)4)14-16-34(36)25-43(39)45(42)44(40)41/h5-17,19-27,30H,18H2,1-4H3/t30-/m0/s1. The van der Waals surface area contributed by atoms with E-state index in [0.717, 1.165) is 6.42 Å². The predicted octanol–water partition coefficient (Wildman–Crippen LogP) is 12.3. The van der Waals surface area contributed by atoms with Gasteiger partial charge in [0.2, 0.25) is 0 Å². The third kappa shape index (κ3) is 4.07. The van der Waals surface area contributed by atoms with E-state index in [4.69, 9.17) is 0 Å². The monoisotopic (exact) mass is 579 g/mol. The number of fused-ring (bicyclic) bond motifs is 8. The van der Waals surface area contributed by atoms with Crippen LogP contribution < -0.4 is 0 Å². The summed E-state index contributed by atoms with van der Waals surface area (Å²) in [5.41, 5.74) is 13.2.